The average Bonchev–Trinajstić information content (AvgIpc) is 2.70. The molecule has 2 aromatic rings. The van der Waals surface area contributed by atoms with Gasteiger partial charge in [-0.15, -0.1) is 0 Å². The number of benzene rings is 1. The number of nitrogens with zero attached hydrogens (tertiary/aromatic N) is 2. The maximum absolute atomic E-state index is 13.8. The number of rotatable bonds is 5. The van der Waals surface area contributed by atoms with Crippen molar-refractivity contribution in [2.45, 2.75) is 5.92 Å². The van der Waals surface area contributed by atoms with E-state index in [1.165, 1.54) is 0 Å². The topological polar surface area (TPSA) is 54.5 Å². The number of ether oxygens (including phenoxy) is 1. The van der Waals surface area contributed by atoms with Crippen molar-refractivity contribution in [3.8, 4) is 0 Å². The van der Waals surface area contributed by atoms with Gasteiger partial charge >= 0.3 is 0 Å². The lowest BCUT2D eigenvalue weighted by Gasteiger charge is -2.31. The van der Waals surface area contributed by atoms with E-state index in [9.17, 15) is 22.4 Å². The van der Waals surface area contributed by atoms with E-state index in [-0.39, 0.29) is 12.5 Å². The highest BCUT2D eigenvalue weighted by atomic mass is 19.2. The predicted molar refractivity (Wildman–Crippen MR) is 89.1 cm³/mol. The van der Waals surface area contributed by atoms with Crippen molar-refractivity contribution in [2.75, 3.05) is 38.2 Å². The van der Waals surface area contributed by atoms with Crippen LogP contribution in [0.5, 0.6) is 0 Å². The van der Waals surface area contributed by atoms with Crippen LogP contribution in [0.3, 0.4) is 0 Å². The number of amides is 1. The van der Waals surface area contributed by atoms with Gasteiger partial charge in [0.15, 0.2) is 0 Å². The van der Waals surface area contributed by atoms with E-state index in [1.54, 1.807) is 35.2 Å². The predicted octanol–water partition coefficient (Wildman–Crippen LogP) is 2.69. The van der Waals surface area contributed by atoms with Crippen LogP contribution in [0.4, 0.5) is 23.2 Å². The molecule has 1 unspecified atom stereocenters. The molecular weight excluding hydrogens is 366 g/mol. The molecule has 1 atom stereocenters. The van der Waals surface area contributed by atoms with Crippen LogP contribution in [0.15, 0.2) is 30.3 Å². The Bertz CT molecular complexity index is 788. The van der Waals surface area contributed by atoms with Crippen molar-refractivity contribution in [3.05, 3.63) is 59.4 Å². The van der Waals surface area contributed by atoms with Gasteiger partial charge in [-0.25, -0.2) is 0 Å². The Morgan fingerprint density at radius 1 is 1.07 bits per heavy atom. The minimum absolute atomic E-state index is 0.253. The molecule has 0 radical (unpaired) electrons. The zero-order chi connectivity index (χ0) is 19.4. The number of morpholine rings is 1. The molecule has 27 heavy (non-hydrogen) atoms. The second kappa shape index (κ2) is 8.34. The molecule has 144 valence electrons. The van der Waals surface area contributed by atoms with Crippen molar-refractivity contribution in [1.29, 1.82) is 0 Å². The van der Waals surface area contributed by atoms with Gasteiger partial charge in [0.2, 0.25) is 17.5 Å². The maximum atomic E-state index is 13.8. The van der Waals surface area contributed by atoms with Gasteiger partial charge in [0.1, 0.15) is 5.69 Å². The summed E-state index contributed by atoms with van der Waals surface area (Å²) in [5.74, 6) is -7.87. The fourth-order valence-electron chi connectivity index (χ4n) is 2.88. The first kappa shape index (κ1) is 19.1. The highest BCUT2D eigenvalue weighted by Crippen LogP contribution is 2.25. The van der Waals surface area contributed by atoms with Crippen LogP contribution in [0, 0.1) is 23.5 Å². The summed E-state index contributed by atoms with van der Waals surface area (Å²) >= 11 is 0. The van der Waals surface area contributed by atoms with Crippen molar-refractivity contribution in [2.24, 2.45) is 0 Å². The van der Waals surface area contributed by atoms with Gasteiger partial charge in [0.25, 0.3) is 11.9 Å². The molecule has 1 amide bonds. The van der Waals surface area contributed by atoms with Gasteiger partial charge in [-0.3, -0.25) is 4.79 Å². The Morgan fingerprint density at radius 3 is 2.26 bits per heavy atom. The van der Waals surface area contributed by atoms with E-state index in [1.807, 2.05) is 0 Å². The lowest BCUT2D eigenvalue weighted by Crippen LogP contribution is -2.44. The largest absolute Gasteiger partial charge is 0.379 e. The molecule has 1 fully saturated rings. The van der Waals surface area contributed by atoms with E-state index in [2.05, 4.69) is 10.3 Å². The quantitative estimate of drug-likeness (QED) is 0.637. The molecule has 1 aromatic carbocycles. The van der Waals surface area contributed by atoms with E-state index < -0.39 is 35.1 Å². The first-order valence-corrected chi connectivity index (χ1v) is 8.34. The third-order valence-electron chi connectivity index (χ3n) is 4.30. The summed E-state index contributed by atoms with van der Waals surface area (Å²) in [7, 11) is 0. The fourth-order valence-corrected chi connectivity index (χ4v) is 2.88. The first-order valence-electron chi connectivity index (χ1n) is 8.34. The minimum Gasteiger partial charge on any atom is -0.379 e. The molecule has 0 bridgehead atoms. The molecular formula is C18H17F4N3O2. The van der Waals surface area contributed by atoms with Crippen LogP contribution in [-0.2, 0) is 9.53 Å². The summed E-state index contributed by atoms with van der Waals surface area (Å²) in [4.78, 5) is 17.0. The molecule has 5 nitrogen and oxygen atoms in total. The molecule has 1 aliphatic heterocycles. The molecule has 1 aromatic heterocycles. The zero-order valence-electron chi connectivity index (χ0n) is 14.2. The summed E-state index contributed by atoms with van der Waals surface area (Å²) < 4.78 is 59.5. The molecule has 1 saturated heterocycles. The molecule has 9 heteroatoms. The lowest BCUT2D eigenvalue weighted by molar-refractivity contribution is -0.136. The van der Waals surface area contributed by atoms with Gasteiger partial charge in [-0.05, 0) is 5.56 Å². The van der Waals surface area contributed by atoms with Crippen LogP contribution in [0.1, 0.15) is 11.5 Å². The van der Waals surface area contributed by atoms with Gasteiger partial charge in [0, 0.05) is 19.6 Å². The number of halogens is 4. The molecule has 1 aliphatic rings. The average molecular weight is 383 g/mol. The zero-order valence-corrected chi connectivity index (χ0v) is 14.2. The second-order valence-electron chi connectivity index (χ2n) is 5.98. The first-order chi connectivity index (χ1) is 13.0. The van der Waals surface area contributed by atoms with E-state index in [0.29, 0.717) is 31.9 Å². The highest BCUT2D eigenvalue weighted by Gasteiger charge is 2.28. The standard InChI is InChI=1S/C18H17F4N3O2/c19-13-15(14(20)17(22)24-16(13)21)23-10-12(11-4-2-1-3-5-11)18(26)25-6-8-27-9-7-25/h1-5,12H,6-10H2,(H,23,24). The van der Waals surface area contributed by atoms with Gasteiger partial charge < -0.3 is 15.0 Å². The maximum Gasteiger partial charge on any atom is 0.253 e. The third kappa shape index (κ3) is 4.19. The molecule has 0 aliphatic carbocycles. The number of aromatic nitrogens is 1. The Kier molecular flexibility index (Phi) is 5.90. The summed E-state index contributed by atoms with van der Waals surface area (Å²) in [6.45, 7) is 1.32. The molecule has 0 saturated carbocycles. The van der Waals surface area contributed by atoms with Gasteiger partial charge in [-0.2, -0.15) is 22.5 Å². The summed E-state index contributed by atoms with van der Waals surface area (Å²) in [6.07, 6.45) is 0. The Labute approximate surface area is 153 Å². The molecule has 3 rings (SSSR count). The fraction of sp³-hybridized carbons (Fsp3) is 0.333. The molecule has 0 spiro atoms. The number of nitrogens with one attached hydrogen (secondary N) is 1. The molecule has 2 heterocycles. The highest BCUT2D eigenvalue weighted by molar-refractivity contribution is 5.84. The second-order valence-corrected chi connectivity index (χ2v) is 5.98. The van der Waals surface area contributed by atoms with E-state index in [4.69, 9.17) is 4.74 Å². The van der Waals surface area contributed by atoms with E-state index >= 15 is 0 Å². The Balaban J connectivity index is 1.85. The number of carbonyl (C=O) groups is 1. The van der Waals surface area contributed by atoms with Crippen LogP contribution < -0.4 is 5.32 Å². The number of anilines is 1. The number of pyridine rings is 1. The van der Waals surface area contributed by atoms with Gasteiger partial charge in [-0.1, -0.05) is 30.3 Å². The summed E-state index contributed by atoms with van der Waals surface area (Å²) in [6, 6.07) is 8.61. The third-order valence-corrected chi connectivity index (χ3v) is 4.30. The van der Waals surface area contributed by atoms with Crippen molar-refractivity contribution < 1.29 is 27.1 Å². The van der Waals surface area contributed by atoms with E-state index in [0.717, 1.165) is 0 Å². The van der Waals surface area contributed by atoms with Crippen molar-refractivity contribution in [1.82, 2.24) is 9.88 Å². The number of hydrogen-bond acceptors (Lipinski definition) is 4. The van der Waals surface area contributed by atoms with Crippen molar-refractivity contribution in [3.63, 3.8) is 0 Å². The van der Waals surface area contributed by atoms with Crippen LogP contribution in [0.25, 0.3) is 0 Å². The summed E-state index contributed by atoms with van der Waals surface area (Å²) in [5, 5.41) is 2.33. The Morgan fingerprint density at radius 2 is 1.67 bits per heavy atom. The Hall–Kier alpha value is -2.68. The number of carbonyl (C=O) groups excluding carboxylic acids is 1. The van der Waals surface area contributed by atoms with Crippen LogP contribution in [-0.4, -0.2) is 48.6 Å². The van der Waals surface area contributed by atoms with Crippen molar-refractivity contribution >= 4 is 11.6 Å². The normalized spacial score (nSPS) is 15.5. The lowest BCUT2D eigenvalue weighted by atomic mass is 9.97. The monoisotopic (exact) mass is 383 g/mol. The summed E-state index contributed by atoms with van der Waals surface area (Å²) in [5.41, 5.74) is -0.381. The SMILES string of the molecule is O=C(C(CNc1c(F)c(F)nc(F)c1F)c1ccccc1)N1CCOCC1. The van der Waals surface area contributed by atoms with Crippen LogP contribution >= 0.6 is 0 Å². The smallest absolute Gasteiger partial charge is 0.253 e. The number of hydrogen-bond donors (Lipinski definition) is 1. The van der Waals surface area contributed by atoms with Crippen LogP contribution in [0.2, 0.25) is 0 Å². The minimum atomic E-state index is -1.76. The van der Waals surface area contributed by atoms with Gasteiger partial charge in [0.05, 0.1) is 19.1 Å². The molecule has 1 N–H and O–H groups in total.